The SMILES string of the molecule is COC(=O)C1=C(N)SCCC(C#N)=C1. The Bertz CT molecular complexity index is 352. The van der Waals surface area contributed by atoms with Gasteiger partial charge in [0.15, 0.2) is 0 Å². The highest BCUT2D eigenvalue weighted by Gasteiger charge is 2.16. The summed E-state index contributed by atoms with van der Waals surface area (Å²) in [5.41, 5.74) is 6.50. The molecule has 0 aromatic carbocycles. The van der Waals surface area contributed by atoms with E-state index in [1.54, 1.807) is 0 Å². The van der Waals surface area contributed by atoms with Crippen LogP contribution < -0.4 is 5.73 Å². The molecule has 1 aliphatic rings. The molecule has 0 unspecified atom stereocenters. The number of hydrogen-bond donors (Lipinski definition) is 1. The Labute approximate surface area is 86.4 Å². The van der Waals surface area contributed by atoms with Gasteiger partial charge >= 0.3 is 5.97 Å². The molecule has 0 atom stereocenters. The van der Waals surface area contributed by atoms with Crippen LogP contribution in [0.15, 0.2) is 22.3 Å². The predicted octanol–water partition coefficient (Wildman–Crippen LogP) is 0.917. The second-order valence-electron chi connectivity index (χ2n) is 2.65. The van der Waals surface area contributed by atoms with E-state index in [9.17, 15) is 4.79 Å². The van der Waals surface area contributed by atoms with E-state index in [2.05, 4.69) is 4.74 Å². The molecule has 0 aromatic heterocycles. The molecule has 2 N–H and O–H groups in total. The van der Waals surface area contributed by atoms with Gasteiger partial charge in [0.1, 0.15) is 0 Å². The second kappa shape index (κ2) is 4.72. The number of carbonyl (C=O) groups excluding carboxylic acids is 1. The molecule has 1 heterocycles. The summed E-state index contributed by atoms with van der Waals surface area (Å²) in [6.45, 7) is 0. The molecular weight excluding hydrogens is 200 g/mol. The topological polar surface area (TPSA) is 76.1 Å². The molecule has 5 heteroatoms. The molecule has 0 aromatic rings. The minimum absolute atomic E-state index is 0.284. The standard InChI is InChI=1S/C9H10N2O2S/c1-13-9(12)7-4-6(5-10)2-3-14-8(7)11/h4H,2-3,11H2,1H3. The quantitative estimate of drug-likeness (QED) is 0.651. The van der Waals surface area contributed by atoms with Crippen molar-refractivity contribution < 1.29 is 9.53 Å². The first-order valence-electron chi connectivity index (χ1n) is 4.00. The summed E-state index contributed by atoms with van der Waals surface area (Å²) in [5, 5.41) is 9.15. The van der Waals surface area contributed by atoms with Gasteiger partial charge in [0.05, 0.1) is 23.8 Å². The predicted molar refractivity (Wildman–Crippen MR) is 54.0 cm³/mol. The first-order chi connectivity index (χ1) is 6.69. The Kier molecular flexibility index (Phi) is 3.60. The van der Waals surface area contributed by atoms with E-state index < -0.39 is 5.97 Å². The molecule has 4 nitrogen and oxygen atoms in total. The Morgan fingerprint density at radius 3 is 3.07 bits per heavy atom. The van der Waals surface area contributed by atoms with Crippen LogP contribution >= 0.6 is 11.8 Å². The summed E-state index contributed by atoms with van der Waals surface area (Å²) < 4.78 is 4.56. The number of allylic oxidation sites excluding steroid dienone is 1. The van der Waals surface area contributed by atoms with E-state index in [1.165, 1.54) is 24.9 Å². The van der Waals surface area contributed by atoms with Gasteiger partial charge in [-0.1, -0.05) is 0 Å². The molecular formula is C9H10N2O2S. The third-order valence-corrected chi connectivity index (χ3v) is 2.70. The lowest BCUT2D eigenvalue weighted by Crippen LogP contribution is -2.09. The Balaban J connectivity index is 3.06. The largest absolute Gasteiger partial charge is 0.465 e. The van der Waals surface area contributed by atoms with Crippen molar-refractivity contribution >= 4 is 17.7 Å². The fourth-order valence-electron chi connectivity index (χ4n) is 1.02. The number of nitrogens with zero attached hydrogens (tertiary/aromatic N) is 1. The molecule has 0 amide bonds. The van der Waals surface area contributed by atoms with E-state index in [-0.39, 0.29) is 5.57 Å². The highest BCUT2D eigenvalue weighted by atomic mass is 32.2. The minimum Gasteiger partial charge on any atom is -0.465 e. The van der Waals surface area contributed by atoms with Crippen LogP contribution in [-0.4, -0.2) is 18.8 Å². The van der Waals surface area contributed by atoms with Crippen LogP contribution in [0.2, 0.25) is 0 Å². The van der Waals surface area contributed by atoms with E-state index in [0.717, 1.165) is 0 Å². The van der Waals surface area contributed by atoms with Crippen molar-refractivity contribution in [3.05, 3.63) is 22.3 Å². The van der Waals surface area contributed by atoms with Crippen LogP contribution in [0, 0.1) is 11.3 Å². The zero-order valence-electron chi connectivity index (χ0n) is 7.74. The molecule has 0 bridgehead atoms. The number of carbonyl (C=O) groups is 1. The van der Waals surface area contributed by atoms with Gasteiger partial charge in [0.2, 0.25) is 0 Å². The fraction of sp³-hybridized carbons (Fsp3) is 0.333. The van der Waals surface area contributed by atoms with E-state index in [4.69, 9.17) is 11.0 Å². The van der Waals surface area contributed by atoms with Crippen LogP contribution in [0.1, 0.15) is 6.42 Å². The maximum absolute atomic E-state index is 11.3. The first kappa shape index (κ1) is 10.7. The van der Waals surface area contributed by atoms with Gasteiger partial charge in [-0.25, -0.2) is 4.79 Å². The zero-order valence-corrected chi connectivity index (χ0v) is 8.56. The van der Waals surface area contributed by atoms with Crippen molar-refractivity contribution in [1.82, 2.24) is 0 Å². The van der Waals surface area contributed by atoms with Gasteiger partial charge in [-0.05, 0) is 12.5 Å². The molecule has 1 aliphatic heterocycles. The van der Waals surface area contributed by atoms with E-state index >= 15 is 0 Å². The van der Waals surface area contributed by atoms with Crippen LogP contribution in [0.4, 0.5) is 0 Å². The van der Waals surface area contributed by atoms with Crippen molar-refractivity contribution in [2.24, 2.45) is 5.73 Å². The lowest BCUT2D eigenvalue weighted by atomic mass is 10.1. The van der Waals surface area contributed by atoms with Crippen LogP contribution in [-0.2, 0) is 9.53 Å². The highest BCUT2D eigenvalue weighted by Crippen LogP contribution is 2.24. The Morgan fingerprint density at radius 2 is 2.50 bits per heavy atom. The van der Waals surface area contributed by atoms with Crippen molar-refractivity contribution in [3.8, 4) is 6.07 Å². The summed E-state index contributed by atoms with van der Waals surface area (Å²) in [7, 11) is 1.29. The molecule has 0 saturated heterocycles. The van der Waals surface area contributed by atoms with Gasteiger partial charge < -0.3 is 10.5 Å². The molecule has 0 aliphatic carbocycles. The number of esters is 1. The second-order valence-corrected chi connectivity index (χ2v) is 3.79. The molecule has 0 saturated carbocycles. The number of methoxy groups -OCH3 is 1. The van der Waals surface area contributed by atoms with Crippen molar-refractivity contribution in [3.63, 3.8) is 0 Å². The molecule has 74 valence electrons. The molecule has 0 fully saturated rings. The minimum atomic E-state index is -0.496. The Morgan fingerprint density at radius 1 is 1.79 bits per heavy atom. The maximum atomic E-state index is 11.3. The summed E-state index contributed by atoms with van der Waals surface area (Å²) in [6.07, 6.45) is 2.13. The number of thioether (sulfide) groups is 1. The molecule has 0 radical (unpaired) electrons. The lowest BCUT2D eigenvalue weighted by molar-refractivity contribution is -0.135. The number of nitriles is 1. The highest BCUT2D eigenvalue weighted by molar-refractivity contribution is 8.03. The summed E-state index contributed by atoms with van der Waals surface area (Å²) in [6, 6.07) is 2.02. The van der Waals surface area contributed by atoms with Crippen LogP contribution in [0.5, 0.6) is 0 Å². The van der Waals surface area contributed by atoms with E-state index in [0.29, 0.717) is 22.8 Å². The fourth-order valence-corrected chi connectivity index (χ4v) is 1.86. The summed E-state index contributed by atoms with van der Waals surface area (Å²) >= 11 is 1.36. The van der Waals surface area contributed by atoms with Crippen LogP contribution in [0.3, 0.4) is 0 Å². The summed E-state index contributed by atoms with van der Waals surface area (Å²) in [4.78, 5) is 11.3. The van der Waals surface area contributed by atoms with E-state index in [1.807, 2.05) is 6.07 Å². The molecule has 14 heavy (non-hydrogen) atoms. The third-order valence-electron chi connectivity index (χ3n) is 1.76. The number of nitrogens with two attached hydrogens (primary N) is 1. The maximum Gasteiger partial charge on any atom is 0.340 e. The van der Waals surface area contributed by atoms with Gasteiger partial charge in [-0.2, -0.15) is 5.26 Å². The number of hydrogen-bond acceptors (Lipinski definition) is 5. The average Bonchev–Trinajstić information content (AvgIpc) is 2.39. The van der Waals surface area contributed by atoms with Crippen LogP contribution in [0.25, 0.3) is 0 Å². The van der Waals surface area contributed by atoms with Gasteiger partial charge in [-0.15, -0.1) is 11.8 Å². The molecule has 0 spiro atoms. The van der Waals surface area contributed by atoms with Gasteiger partial charge in [0.25, 0.3) is 0 Å². The van der Waals surface area contributed by atoms with Crippen molar-refractivity contribution in [2.45, 2.75) is 6.42 Å². The third kappa shape index (κ3) is 2.30. The zero-order chi connectivity index (χ0) is 10.6. The first-order valence-corrected chi connectivity index (χ1v) is 4.99. The number of rotatable bonds is 1. The van der Waals surface area contributed by atoms with Gasteiger partial charge in [0, 0.05) is 11.3 Å². The lowest BCUT2D eigenvalue weighted by Gasteiger charge is -2.02. The normalized spacial score (nSPS) is 16.7. The smallest absolute Gasteiger partial charge is 0.340 e. The van der Waals surface area contributed by atoms with Crippen molar-refractivity contribution in [2.75, 3.05) is 12.9 Å². The van der Waals surface area contributed by atoms with Gasteiger partial charge in [-0.3, -0.25) is 0 Å². The molecule has 1 rings (SSSR count). The Hall–Kier alpha value is -1.41. The number of ether oxygens (including phenoxy) is 1. The van der Waals surface area contributed by atoms with Crippen molar-refractivity contribution in [1.29, 1.82) is 5.26 Å². The monoisotopic (exact) mass is 210 g/mol. The summed E-state index contributed by atoms with van der Waals surface area (Å²) in [5.74, 6) is 0.218. The average molecular weight is 210 g/mol.